The highest BCUT2D eigenvalue weighted by Gasteiger charge is 2.26. The van der Waals surface area contributed by atoms with E-state index in [0.717, 1.165) is 0 Å². The monoisotopic (exact) mass is 372 g/mol. The van der Waals surface area contributed by atoms with Crippen LogP contribution in [0.2, 0.25) is 0 Å². The van der Waals surface area contributed by atoms with Gasteiger partial charge in [-0.15, -0.1) is 11.3 Å². The Labute approximate surface area is 153 Å². The Kier molecular flexibility index (Phi) is 4.90. The third kappa shape index (κ3) is 3.67. The molecule has 0 spiro atoms. The molecule has 3 aromatic heterocycles. The fourth-order valence-electron chi connectivity index (χ4n) is 2.33. The third-order valence-corrected chi connectivity index (χ3v) is 4.53. The van der Waals surface area contributed by atoms with E-state index in [9.17, 15) is 9.18 Å². The van der Waals surface area contributed by atoms with Crippen molar-refractivity contribution in [3.8, 4) is 10.6 Å². The van der Waals surface area contributed by atoms with Crippen molar-refractivity contribution in [3.05, 3.63) is 53.3 Å². The predicted octanol–water partition coefficient (Wildman–Crippen LogP) is 2.84. The molecule has 0 saturated carbocycles. The van der Waals surface area contributed by atoms with Crippen molar-refractivity contribution in [2.75, 3.05) is 12.4 Å². The Balaban J connectivity index is 1.78. The zero-order valence-electron chi connectivity index (χ0n) is 14.4. The molecule has 0 saturated heterocycles. The number of hydrogen-bond acceptors (Lipinski definition) is 7. The molecule has 0 atom stereocenters. The van der Waals surface area contributed by atoms with E-state index in [-0.39, 0.29) is 11.6 Å². The molecule has 3 aromatic rings. The summed E-state index contributed by atoms with van der Waals surface area (Å²) in [6.07, 6.45) is 4.75. The molecule has 0 fully saturated rings. The molecule has 0 aromatic carbocycles. The fourth-order valence-corrected chi connectivity index (χ4v) is 3.10. The molecule has 0 aliphatic carbocycles. The van der Waals surface area contributed by atoms with Crippen LogP contribution in [-0.4, -0.2) is 32.9 Å². The van der Waals surface area contributed by atoms with Gasteiger partial charge in [-0.1, -0.05) is 0 Å². The molecule has 7 nitrogen and oxygen atoms in total. The van der Waals surface area contributed by atoms with E-state index in [0.29, 0.717) is 22.2 Å². The van der Waals surface area contributed by atoms with Crippen LogP contribution in [0, 0.1) is 5.82 Å². The van der Waals surface area contributed by atoms with Gasteiger partial charge in [0, 0.05) is 36.6 Å². The van der Waals surface area contributed by atoms with E-state index in [2.05, 4.69) is 30.6 Å². The number of aromatic nitrogens is 4. The van der Waals surface area contributed by atoms with Gasteiger partial charge in [-0.05, 0) is 26.0 Å². The van der Waals surface area contributed by atoms with E-state index in [1.807, 2.05) is 0 Å². The van der Waals surface area contributed by atoms with Crippen LogP contribution in [0.15, 0.2) is 36.1 Å². The molecule has 3 heterocycles. The number of anilines is 1. The Bertz CT molecular complexity index is 925. The number of carbonyl (C=O) groups is 1. The number of rotatable bonds is 5. The van der Waals surface area contributed by atoms with Crippen LogP contribution in [-0.2, 0) is 5.54 Å². The van der Waals surface area contributed by atoms with Gasteiger partial charge in [-0.3, -0.25) is 9.78 Å². The van der Waals surface area contributed by atoms with Crippen molar-refractivity contribution < 1.29 is 9.18 Å². The van der Waals surface area contributed by atoms with Crippen molar-refractivity contribution in [3.63, 3.8) is 0 Å². The molecule has 9 heteroatoms. The number of thiazole rings is 1. The number of nitrogens with one attached hydrogen (secondary N) is 2. The zero-order chi connectivity index (χ0) is 18.7. The van der Waals surface area contributed by atoms with Crippen LogP contribution in [0.25, 0.3) is 10.6 Å². The minimum absolute atomic E-state index is 0.245. The Hall–Kier alpha value is -2.94. The maximum absolute atomic E-state index is 14.0. The molecule has 26 heavy (non-hydrogen) atoms. The molecule has 3 rings (SSSR count). The summed E-state index contributed by atoms with van der Waals surface area (Å²) in [5.41, 5.74) is 0.530. The molecule has 0 radical (unpaired) electrons. The van der Waals surface area contributed by atoms with Gasteiger partial charge in [-0.25, -0.2) is 19.3 Å². The molecule has 134 valence electrons. The average molecular weight is 372 g/mol. The third-order valence-electron chi connectivity index (χ3n) is 3.64. The summed E-state index contributed by atoms with van der Waals surface area (Å²) in [5.74, 6) is -0.302. The highest BCUT2D eigenvalue weighted by Crippen LogP contribution is 2.26. The Morgan fingerprint density at radius 3 is 2.62 bits per heavy atom. The van der Waals surface area contributed by atoms with E-state index in [1.54, 1.807) is 44.7 Å². The van der Waals surface area contributed by atoms with Crippen LogP contribution in [0.5, 0.6) is 0 Å². The van der Waals surface area contributed by atoms with Crippen molar-refractivity contribution in [1.29, 1.82) is 0 Å². The predicted molar refractivity (Wildman–Crippen MR) is 97.4 cm³/mol. The lowest BCUT2D eigenvalue weighted by molar-refractivity contribution is 0.0959. The highest BCUT2D eigenvalue weighted by atomic mass is 32.1. The summed E-state index contributed by atoms with van der Waals surface area (Å²) in [5, 5.41) is 7.93. The minimum atomic E-state index is -0.791. The summed E-state index contributed by atoms with van der Waals surface area (Å²) in [7, 11) is 1.55. The molecule has 0 aliphatic heterocycles. The summed E-state index contributed by atoms with van der Waals surface area (Å²) in [4.78, 5) is 28.5. The lowest BCUT2D eigenvalue weighted by Gasteiger charge is -2.25. The lowest BCUT2D eigenvalue weighted by Crippen LogP contribution is -2.31. The van der Waals surface area contributed by atoms with Crippen LogP contribution in [0.4, 0.5) is 10.3 Å². The fraction of sp³-hybridized carbons (Fsp3) is 0.235. The van der Waals surface area contributed by atoms with Crippen molar-refractivity contribution in [2.24, 2.45) is 0 Å². The number of amides is 1. The van der Waals surface area contributed by atoms with Gasteiger partial charge in [0.2, 0.25) is 5.95 Å². The summed E-state index contributed by atoms with van der Waals surface area (Å²) < 4.78 is 14.0. The topological polar surface area (TPSA) is 92.7 Å². The van der Waals surface area contributed by atoms with E-state index < -0.39 is 11.4 Å². The van der Waals surface area contributed by atoms with Gasteiger partial charge in [0.05, 0.1) is 5.54 Å². The summed E-state index contributed by atoms with van der Waals surface area (Å²) >= 11 is 1.33. The van der Waals surface area contributed by atoms with Crippen LogP contribution in [0.1, 0.15) is 30.0 Å². The van der Waals surface area contributed by atoms with Crippen LogP contribution >= 0.6 is 11.3 Å². The first-order valence-corrected chi connectivity index (χ1v) is 8.68. The highest BCUT2D eigenvalue weighted by molar-refractivity contribution is 7.13. The summed E-state index contributed by atoms with van der Waals surface area (Å²) in [6, 6.07) is 2.91. The first kappa shape index (κ1) is 17.9. The Morgan fingerprint density at radius 1 is 1.23 bits per heavy atom. The van der Waals surface area contributed by atoms with E-state index in [4.69, 9.17) is 0 Å². The van der Waals surface area contributed by atoms with Crippen LogP contribution in [0.3, 0.4) is 0 Å². The van der Waals surface area contributed by atoms with Crippen molar-refractivity contribution in [2.45, 2.75) is 19.4 Å². The molecular weight excluding hydrogens is 355 g/mol. The SMILES string of the molecule is CNC(=O)c1csc(-c2cnc(NC(C)(C)c3ncccc3F)nc2)n1. The number of hydrogen-bond donors (Lipinski definition) is 2. The van der Waals surface area contributed by atoms with Crippen LogP contribution < -0.4 is 10.6 Å². The minimum Gasteiger partial charge on any atom is -0.354 e. The van der Waals surface area contributed by atoms with Crippen molar-refractivity contribution >= 4 is 23.2 Å². The first-order valence-electron chi connectivity index (χ1n) is 7.80. The Morgan fingerprint density at radius 2 is 1.96 bits per heavy atom. The second-order valence-electron chi connectivity index (χ2n) is 6.00. The van der Waals surface area contributed by atoms with Gasteiger partial charge >= 0.3 is 0 Å². The molecule has 0 bridgehead atoms. The maximum Gasteiger partial charge on any atom is 0.270 e. The molecule has 0 aliphatic rings. The number of pyridine rings is 1. The van der Waals surface area contributed by atoms with Gasteiger partial charge in [0.25, 0.3) is 5.91 Å². The van der Waals surface area contributed by atoms with Gasteiger partial charge in [0.1, 0.15) is 22.2 Å². The quantitative estimate of drug-likeness (QED) is 0.715. The zero-order valence-corrected chi connectivity index (χ0v) is 15.3. The average Bonchev–Trinajstić information content (AvgIpc) is 3.11. The first-order chi connectivity index (χ1) is 12.4. The van der Waals surface area contributed by atoms with E-state index in [1.165, 1.54) is 23.6 Å². The van der Waals surface area contributed by atoms with Gasteiger partial charge in [-0.2, -0.15) is 0 Å². The van der Waals surface area contributed by atoms with Gasteiger partial charge < -0.3 is 10.6 Å². The van der Waals surface area contributed by atoms with E-state index >= 15 is 0 Å². The molecule has 0 unspecified atom stereocenters. The number of nitrogens with zero attached hydrogens (tertiary/aromatic N) is 4. The standard InChI is InChI=1S/C17H17FN6OS/c1-17(2,13-11(18)5-4-6-20-13)24-16-21-7-10(8-22-16)15-23-12(9-26-15)14(25)19-3/h4-9H,1-3H3,(H,19,25)(H,21,22,24). The number of halogens is 1. The number of carbonyl (C=O) groups excluding carboxylic acids is 1. The molecule has 1 amide bonds. The van der Waals surface area contributed by atoms with Crippen molar-refractivity contribution in [1.82, 2.24) is 25.3 Å². The molecular formula is C17H17FN6OS. The lowest BCUT2D eigenvalue weighted by atomic mass is 9.99. The largest absolute Gasteiger partial charge is 0.354 e. The second-order valence-corrected chi connectivity index (χ2v) is 6.85. The maximum atomic E-state index is 14.0. The second kappa shape index (κ2) is 7.12. The normalized spacial score (nSPS) is 11.2. The smallest absolute Gasteiger partial charge is 0.270 e. The summed E-state index contributed by atoms with van der Waals surface area (Å²) in [6.45, 7) is 3.60. The molecule has 2 N–H and O–H groups in total. The van der Waals surface area contributed by atoms with Gasteiger partial charge in [0.15, 0.2) is 0 Å².